The van der Waals surface area contributed by atoms with Crippen LogP contribution >= 0.6 is 0 Å². The molecule has 1 aromatic carbocycles. The molecule has 3 aromatic rings. The zero-order valence-corrected chi connectivity index (χ0v) is 20.0. The van der Waals surface area contributed by atoms with Crippen molar-refractivity contribution in [2.45, 2.75) is 26.2 Å². The summed E-state index contributed by atoms with van der Waals surface area (Å²) in [5.74, 6) is 0.643. The van der Waals surface area contributed by atoms with E-state index >= 15 is 0 Å². The van der Waals surface area contributed by atoms with Crippen molar-refractivity contribution in [2.75, 3.05) is 25.9 Å². The summed E-state index contributed by atoms with van der Waals surface area (Å²) in [7, 11) is 2.18. The van der Waals surface area contributed by atoms with Crippen molar-refractivity contribution in [3.8, 4) is 11.1 Å². The summed E-state index contributed by atoms with van der Waals surface area (Å²) < 4.78 is 0. The van der Waals surface area contributed by atoms with Crippen LogP contribution < -0.4 is 11.1 Å². The Morgan fingerprint density at radius 2 is 2.06 bits per heavy atom. The minimum Gasteiger partial charge on any atom is -0.397 e. The van der Waals surface area contributed by atoms with Crippen LogP contribution in [-0.2, 0) is 0 Å². The van der Waals surface area contributed by atoms with Gasteiger partial charge in [0.25, 0.3) is 0 Å². The second-order valence-electron chi connectivity index (χ2n) is 8.93. The van der Waals surface area contributed by atoms with Crippen LogP contribution in [0.3, 0.4) is 0 Å². The van der Waals surface area contributed by atoms with Crippen molar-refractivity contribution in [3.05, 3.63) is 72.5 Å². The van der Waals surface area contributed by atoms with Gasteiger partial charge in [-0.05, 0) is 88.8 Å². The van der Waals surface area contributed by atoms with E-state index in [1.807, 2.05) is 31.2 Å². The molecule has 4 rings (SSSR count). The van der Waals surface area contributed by atoms with Crippen LogP contribution in [0.4, 0.5) is 5.69 Å². The number of aliphatic imine (C=N–C) groups is 1. The first-order valence-electron chi connectivity index (χ1n) is 11.6. The number of piperidine rings is 1. The smallest absolute Gasteiger partial charge is 0.116 e. The highest BCUT2D eigenvalue weighted by atomic mass is 15.1. The fraction of sp³-hybridized carbons (Fsp3) is 0.296. The Bertz CT molecular complexity index is 1240. The molecule has 0 saturated carbocycles. The number of nitrogens with one attached hydrogen (secondary N) is 2. The van der Waals surface area contributed by atoms with Crippen molar-refractivity contribution in [1.82, 2.24) is 25.4 Å². The zero-order chi connectivity index (χ0) is 24.1. The molecule has 0 amide bonds. The Balaban J connectivity index is 1.52. The van der Waals surface area contributed by atoms with E-state index in [0.717, 1.165) is 58.6 Å². The quantitative estimate of drug-likeness (QED) is 0.329. The van der Waals surface area contributed by atoms with Gasteiger partial charge in [0.15, 0.2) is 0 Å². The largest absolute Gasteiger partial charge is 0.397 e. The highest BCUT2D eigenvalue weighted by molar-refractivity contribution is 5.93. The Kier molecular flexibility index (Phi) is 7.23. The van der Waals surface area contributed by atoms with Crippen molar-refractivity contribution in [1.29, 1.82) is 0 Å². The Hall–Kier alpha value is -3.71. The molecule has 34 heavy (non-hydrogen) atoms. The summed E-state index contributed by atoms with van der Waals surface area (Å²) in [6.07, 6.45) is 10.9. The predicted molar refractivity (Wildman–Crippen MR) is 142 cm³/mol. The molecule has 0 aliphatic carbocycles. The third kappa shape index (κ3) is 5.43. The normalized spacial score (nSPS) is 16.1. The fourth-order valence-corrected chi connectivity index (χ4v) is 4.37. The van der Waals surface area contributed by atoms with Crippen LogP contribution in [0.1, 0.15) is 31.9 Å². The molecule has 0 radical (unpaired) electrons. The molecule has 0 atom stereocenters. The third-order valence-electron chi connectivity index (χ3n) is 6.41. The first-order valence-corrected chi connectivity index (χ1v) is 11.6. The molecular weight excluding hydrogens is 422 g/mol. The number of hydrogen-bond acceptors (Lipinski definition) is 6. The highest BCUT2D eigenvalue weighted by Gasteiger charge is 2.18. The SMILES string of the molecule is C=N/C(=C\C(=C/C)NC(=C)c1n[nH]c2ccc(-c3cncc(N)c3)cc12)CC1CCN(C)CC1. The molecule has 0 unspecified atom stereocenters. The van der Waals surface area contributed by atoms with Crippen LogP contribution in [0.15, 0.2) is 71.8 Å². The monoisotopic (exact) mass is 455 g/mol. The number of benzene rings is 1. The first-order chi connectivity index (χ1) is 16.5. The van der Waals surface area contributed by atoms with Gasteiger partial charge in [-0.15, -0.1) is 0 Å². The number of hydrogen-bond donors (Lipinski definition) is 3. The molecule has 1 aliphatic rings. The number of aromatic nitrogens is 3. The molecule has 7 heteroatoms. The summed E-state index contributed by atoms with van der Waals surface area (Å²) in [5.41, 5.74) is 12.9. The first kappa shape index (κ1) is 23.4. The van der Waals surface area contributed by atoms with E-state index in [9.17, 15) is 0 Å². The topological polar surface area (TPSA) is 95.2 Å². The fourth-order valence-electron chi connectivity index (χ4n) is 4.37. The van der Waals surface area contributed by atoms with E-state index in [0.29, 0.717) is 17.3 Å². The number of aromatic amines is 1. The maximum absolute atomic E-state index is 5.92. The second kappa shape index (κ2) is 10.5. The van der Waals surface area contributed by atoms with Gasteiger partial charge in [0, 0.05) is 34.7 Å². The van der Waals surface area contributed by atoms with E-state index in [2.05, 4.69) is 62.9 Å². The number of nitrogen functional groups attached to an aromatic ring is 1. The molecule has 2 aromatic heterocycles. The number of nitrogens with zero attached hydrogens (tertiary/aromatic N) is 4. The van der Waals surface area contributed by atoms with Crippen LogP contribution in [0, 0.1) is 5.92 Å². The second-order valence-corrected chi connectivity index (χ2v) is 8.93. The van der Waals surface area contributed by atoms with Gasteiger partial charge in [0.05, 0.1) is 16.9 Å². The van der Waals surface area contributed by atoms with Crippen LogP contribution in [0.2, 0.25) is 0 Å². The molecule has 0 bridgehead atoms. The van der Waals surface area contributed by atoms with Gasteiger partial charge in [0.1, 0.15) is 5.69 Å². The molecule has 1 saturated heterocycles. The molecule has 176 valence electrons. The number of H-pyrrole nitrogens is 1. The summed E-state index contributed by atoms with van der Waals surface area (Å²) >= 11 is 0. The van der Waals surface area contributed by atoms with Crippen molar-refractivity contribution in [2.24, 2.45) is 10.9 Å². The number of fused-ring (bicyclic) bond motifs is 1. The standard InChI is InChI=1S/C27H33N7/c1-5-23(15-24(29-3)12-19-8-10-34(4)11-9-19)31-18(2)27-25-14-20(6-7-26(25)32-33-27)21-13-22(28)17-30-16-21/h5-7,13-17,19,31H,2-3,8-12,28H2,1,4H3,(H,32,33)/b23-5+,24-15-. The lowest BCUT2D eigenvalue weighted by atomic mass is 9.92. The van der Waals surface area contributed by atoms with Crippen LogP contribution in [-0.4, -0.2) is 46.9 Å². The number of nitrogens with two attached hydrogens (primary N) is 1. The molecule has 1 aliphatic heterocycles. The maximum atomic E-state index is 5.92. The lowest BCUT2D eigenvalue weighted by Crippen LogP contribution is -2.30. The van der Waals surface area contributed by atoms with E-state index in [4.69, 9.17) is 5.73 Å². The van der Waals surface area contributed by atoms with Gasteiger partial charge < -0.3 is 16.0 Å². The van der Waals surface area contributed by atoms with Crippen LogP contribution in [0.25, 0.3) is 27.7 Å². The lowest BCUT2D eigenvalue weighted by molar-refractivity contribution is 0.218. The Labute approximate surface area is 201 Å². The van der Waals surface area contributed by atoms with Gasteiger partial charge in [-0.3, -0.25) is 15.1 Å². The van der Waals surface area contributed by atoms with E-state index in [1.165, 1.54) is 12.8 Å². The summed E-state index contributed by atoms with van der Waals surface area (Å²) in [6.45, 7) is 12.3. The van der Waals surface area contributed by atoms with Gasteiger partial charge >= 0.3 is 0 Å². The van der Waals surface area contributed by atoms with Crippen molar-refractivity contribution in [3.63, 3.8) is 0 Å². The Morgan fingerprint density at radius 1 is 1.26 bits per heavy atom. The van der Waals surface area contributed by atoms with Crippen LogP contribution in [0.5, 0.6) is 0 Å². The molecular formula is C27H33N7. The van der Waals surface area contributed by atoms with E-state index < -0.39 is 0 Å². The average molecular weight is 456 g/mol. The number of anilines is 1. The minimum atomic E-state index is 0.632. The lowest BCUT2D eigenvalue weighted by Gasteiger charge is -2.29. The van der Waals surface area contributed by atoms with Gasteiger partial charge in [-0.2, -0.15) is 5.10 Å². The summed E-state index contributed by atoms with van der Waals surface area (Å²) in [6, 6.07) is 8.04. The van der Waals surface area contributed by atoms with Gasteiger partial charge in [-0.25, -0.2) is 0 Å². The number of pyridine rings is 1. The number of allylic oxidation sites excluding steroid dienone is 3. The average Bonchev–Trinajstić information content (AvgIpc) is 3.27. The van der Waals surface area contributed by atoms with E-state index in [1.54, 1.807) is 12.4 Å². The van der Waals surface area contributed by atoms with Gasteiger partial charge in [0.2, 0.25) is 0 Å². The van der Waals surface area contributed by atoms with Gasteiger partial charge in [-0.1, -0.05) is 18.7 Å². The summed E-state index contributed by atoms with van der Waals surface area (Å²) in [5, 5.41) is 12.0. The summed E-state index contributed by atoms with van der Waals surface area (Å²) in [4.78, 5) is 10.9. The predicted octanol–water partition coefficient (Wildman–Crippen LogP) is 4.99. The number of rotatable bonds is 8. The molecule has 4 N–H and O–H groups in total. The molecule has 0 spiro atoms. The molecule has 7 nitrogen and oxygen atoms in total. The van der Waals surface area contributed by atoms with Crippen molar-refractivity contribution < 1.29 is 0 Å². The van der Waals surface area contributed by atoms with Crippen molar-refractivity contribution >= 4 is 29.0 Å². The third-order valence-corrected chi connectivity index (χ3v) is 6.41. The zero-order valence-electron chi connectivity index (χ0n) is 20.0. The van der Waals surface area contributed by atoms with E-state index in [-0.39, 0.29) is 0 Å². The molecule has 3 heterocycles. The minimum absolute atomic E-state index is 0.632. The maximum Gasteiger partial charge on any atom is 0.116 e. The molecule has 1 fully saturated rings. The highest BCUT2D eigenvalue weighted by Crippen LogP contribution is 2.29. The Morgan fingerprint density at radius 3 is 2.76 bits per heavy atom. The number of likely N-dealkylation sites (tertiary alicyclic amines) is 1.